The van der Waals surface area contributed by atoms with Crippen LogP contribution in [0.2, 0.25) is 0 Å². The molecule has 1 atom stereocenters. The quantitative estimate of drug-likeness (QED) is 0.659. The van der Waals surface area contributed by atoms with Crippen molar-refractivity contribution in [3.05, 3.63) is 29.8 Å². The van der Waals surface area contributed by atoms with Crippen LogP contribution in [-0.2, 0) is 16.0 Å². The highest BCUT2D eigenvalue weighted by molar-refractivity contribution is 5.84. The molecular weight excluding hydrogens is 288 g/mol. The first-order chi connectivity index (χ1) is 9.92. The molecule has 0 spiro atoms. The van der Waals surface area contributed by atoms with Gasteiger partial charge in [-0.1, -0.05) is 12.1 Å². The van der Waals surface area contributed by atoms with Crippen LogP contribution >= 0.6 is 0 Å². The van der Waals surface area contributed by atoms with E-state index in [0.29, 0.717) is 5.56 Å². The molecule has 0 aliphatic carbocycles. The smallest absolute Gasteiger partial charge is 0.387 e. The number of halogens is 2. The van der Waals surface area contributed by atoms with Crippen molar-refractivity contribution in [1.82, 2.24) is 5.32 Å². The largest absolute Gasteiger partial charge is 0.480 e. The van der Waals surface area contributed by atoms with Crippen molar-refractivity contribution in [3.8, 4) is 5.75 Å². The average Bonchev–Trinajstić information content (AvgIpc) is 2.40. The number of alkyl halides is 2. The topological polar surface area (TPSA) is 95.9 Å². The van der Waals surface area contributed by atoms with Crippen LogP contribution < -0.4 is 10.1 Å². The van der Waals surface area contributed by atoms with Crippen LogP contribution in [0.4, 0.5) is 8.78 Å². The number of carboxylic acid groups (broad SMARTS) is 1. The Kier molecular flexibility index (Phi) is 6.54. The summed E-state index contributed by atoms with van der Waals surface area (Å²) in [6.45, 7) is -3.29. The molecule has 1 amide bonds. The van der Waals surface area contributed by atoms with E-state index in [0.717, 1.165) is 0 Å². The van der Waals surface area contributed by atoms with E-state index in [9.17, 15) is 18.4 Å². The van der Waals surface area contributed by atoms with Crippen molar-refractivity contribution in [1.29, 1.82) is 0 Å². The van der Waals surface area contributed by atoms with E-state index in [-0.39, 0.29) is 25.2 Å². The van der Waals surface area contributed by atoms with Gasteiger partial charge < -0.3 is 20.3 Å². The van der Waals surface area contributed by atoms with Gasteiger partial charge in [0.2, 0.25) is 5.91 Å². The number of nitrogens with one attached hydrogen (secondary N) is 1. The van der Waals surface area contributed by atoms with Crippen molar-refractivity contribution in [2.45, 2.75) is 25.5 Å². The predicted molar refractivity (Wildman–Crippen MR) is 68.0 cm³/mol. The lowest BCUT2D eigenvalue weighted by Crippen LogP contribution is -2.42. The van der Waals surface area contributed by atoms with Crippen LogP contribution in [0.1, 0.15) is 12.0 Å². The number of aliphatic hydroxyl groups is 1. The highest BCUT2D eigenvalue weighted by Gasteiger charge is 2.19. The maximum atomic E-state index is 12.0. The minimum atomic E-state index is -2.92. The van der Waals surface area contributed by atoms with Gasteiger partial charge in [0.25, 0.3) is 0 Å². The molecule has 0 aliphatic heterocycles. The van der Waals surface area contributed by atoms with Crippen molar-refractivity contribution in [3.63, 3.8) is 0 Å². The van der Waals surface area contributed by atoms with Gasteiger partial charge in [-0.2, -0.15) is 8.78 Å². The van der Waals surface area contributed by atoms with Crippen molar-refractivity contribution in [2.75, 3.05) is 6.61 Å². The lowest BCUT2D eigenvalue weighted by Gasteiger charge is -2.13. The van der Waals surface area contributed by atoms with Gasteiger partial charge in [-0.05, 0) is 17.7 Å². The van der Waals surface area contributed by atoms with E-state index in [2.05, 4.69) is 10.1 Å². The Bertz CT molecular complexity index is 478. The van der Waals surface area contributed by atoms with Crippen LogP contribution in [0.25, 0.3) is 0 Å². The van der Waals surface area contributed by atoms with Crippen molar-refractivity contribution in [2.24, 2.45) is 0 Å². The van der Waals surface area contributed by atoms with Gasteiger partial charge in [0.1, 0.15) is 11.8 Å². The number of aliphatic hydroxyl groups excluding tert-OH is 1. The van der Waals surface area contributed by atoms with Crippen LogP contribution in [0.15, 0.2) is 24.3 Å². The summed E-state index contributed by atoms with van der Waals surface area (Å²) in [7, 11) is 0. The van der Waals surface area contributed by atoms with E-state index in [1.165, 1.54) is 24.3 Å². The molecule has 21 heavy (non-hydrogen) atoms. The zero-order chi connectivity index (χ0) is 15.8. The Labute approximate surface area is 119 Å². The zero-order valence-corrected chi connectivity index (χ0v) is 11.0. The van der Waals surface area contributed by atoms with Gasteiger partial charge in [-0.25, -0.2) is 4.79 Å². The standard InChI is InChI=1S/C13H15F2NO5/c14-13(15)21-9-3-1-8(2-4-9)7-11(18)16-10(5-6-17)12(19)20/h1-4,10,13,17H,5-7H2,(H,16,18)(H,19,20)/t10-/m0/s1. The van der Waals surface area contributed by atoms with Gasteiger partial charge >= 0.3 is 12.6 Å². The number of hydrogen-bond donors (Lipinski definition) is 3. The van der Waals surface area contributed by atoms with Gasteiger partial charge in [-0.15, -0.1) is 0 Å². The van der Waals surface area contributed by atoms with E-state index in [4.69, 9.17) is 10.2 Å². The second-order valence-electron chi connectivity index (χ2n) is 4.17. The molecule has 8 heteroatoms. The molecule has 0 saturated carbocycles. The van der Waals surface area contributed by atoms with E-state index in [1.54, 1.807) is 0 Å². The number of aliphatic carboxylic acids is 1. The van der Waals surface area contributed by atoms with E-state index in [1.807, 2.05) is 0 Å². The zero-order valence-electron chi connectivity index (χ0n) is 11.0. The highest BCUT2D eigenvalue weighted by Crippen LogP contribution is 2.15. The fraction of sp³-hybridized carbons (Fsp3) is 0.385. The van der Waals surface area contributed by atoms with Crippen LogP contribution in [0, 0.1) is 0 Å². The third kappa shape index (κ3) is 6.17. The Balaban J connectivity index is 2.56. The third-order valence-electron chi connectivity index (χ3n) is 2.56. The fourth-order valence-electron chi connectivity index (χ4n) is 1.61. The van der Waals surface area contributed by atoms with Crippen LogP contribution in [0.3, 0.4) is 0 Å². The molecule has 1 aromatic rings. The van der Waals surface area contributed by atoms with Crippen LogP contribution in [-0.4, -0.2) is 41.3 Å². The maximum Gasteiger partial charge on any atom is 0.387 e. The molecule has 0 saturated heterocycles. The molecule has 0 aromatic heterocycles. The molecule has 0 unspecified atom stereocenters. The van der Waals surface area contributed by atoms with E-state index < -0.39 is 24.5 Å². The third-order valence-corrected chi connectivity index (χ3v) is 2.56. The molecule has 0 radical (unpaired) electrons. The number of amides is 1. The maximum absolute atomic E-state index is 12.0. The number of ether oxygens (including phenoxy) is 1. The second-order valence-corrected chi connectivity index (χ2v) is 4.17. The number of benzene rings is 1. The lowest BCUT2D eigenvalue weighted by molar-refractivity contribution is -0.142. The monoisotopic (exact) mass is 303 g/mol. The number of rotatable bonds is 8. The van der Waals surface area contributed by atoms with Gasteiger partial charge in [0, 0.05) is 13.0 Å². The number of carbonyl (C=O) groups excluding carboxylic acids is 1. The summed E-state index contributed by atoms with van der Waals surface area (Å²) in [5, 5.41) is 19.8. The number of hydrogen-bond acceptors (Lipinski definition) is 4. The fourth-order valence-corrected chi connectivity index (χ4v) is 1.61. The molecule has 1 aromatic carbocycles. The van der Waals surface area contributed by atoms with Crippen molar-refractivity contribution >= 4 is 11.9 Å². The second kappa shape index (κ2) is 8.15. The Hall–Kier alpha value is -2.22. The lowest BCUT2D eigenvalue weighted by atomic mass is 10.1. The summed E-state index contributed by atoms with van der Waals surface area (Å²) in [5.41, 5.74) is 0.516. The minimum absolute atomic E-state index is 0.0298. The minimum Gasteiger partial charge on any atom is -0.480 e. The first kappa shape index (κ1) is 16.8. The summed E-state index contributed by atoms with van der Waals surface area (Å²) in [5.74, 6) is -1.81. The van der Waals surface area contributed by atoms with Crippen LogP contribution in [0.5, 0.6) is 5.75 Å². The first-order valence-electron chi connectivity index (χ1n) is 6.09. The Morgan fingerprint density at radius 2 is 1.86 bits per heavy atom. The molecule has 3 N–H and O–H groups in total. The Morgan fingerprint density at radius 3 is 2.33 bits per heavy atom. The number of carboxylic acids is 1. The summed E-state index contributed by atoms with van der Waals surface area (Å²) in [6, 6.07) is 4.27. The summed E-state index contributed by atoms with van der Waals surface area (Å²) in [4.78, 5) is 22.5. The highest BCUT2D eigenvalue weighted by atomic mass is 19.3. The molecule has 0 bridgehead atoms. The number of carbonyl (C=O) groups is 2. The normalized spacial score (nSPS) is 12.0. The molecule has 0 aliphatic rings. The van der Waals surface area contributed by atoms with E-state index >= 15 is 0 Å². The van der Waals surface area contributed by atoms with Crippen molar-refractivity contribution < 1.29 is 33.3 Å². The average molecular weight is 303 g/mol. The summed E-state index contributed by atoms with van der Waals surface area (Å²) < 4.78 is 28.1. The first-order valence-corrected chi connectivity index (χ1v) is 6.09. The SMILES string of the molecule is O=C(Cc1ccc(OC(F)F)cc1)N[C@@H](CCO)C(=O)O. The molecular formula is C13H15F2NO5. The molecule has 0 fully saturated rings. The molecule has 0 heterocycles. The molecule has 6 nitrogen and oxygen atoms in total. The Morgan fingerprint density at radius 1 is 1.24 bits per heavy atom. The summed E-state index contributed by atoms with van der Waals surface area (Å²) >= 11 is 0. The molecule has 116 valence electrons. The van der Waals surface area contributed by atoms with Gasteiger partial charge in [0.15, 0.2) is 0 Å². The summed E-state index contributed by atoms with van der Waals surface area (Å²) in [6.07, 6.45) is -0.202. The predicted octanol–water partition coefficient (Wildman–Crippen LogP) is 0.782. The van der Waals surface area contributed by atoms with Gasteiger partial charge in [0.05, 0.1) is 6.42 Å². The molecule has 1 rings (SSSR count). The van der Waals surface area contributed by atoms with Gasteiger partial charge in [-0.3, -0.25) is 4.79 Å².